The van der Waals surface area contributed by atoms with E-state index in [1.54, 1.807) is 0 Å². The summed E-state index contributed by atoms with van der Waals surface area (Å²) in [4.78, 5) is 0. The van der Waals surface area contributed by atoms with Gasteiger partial charge in [-0.2, -0.15) is 0 Å². The lowest BCUT2D eigenvalue weighted by molar-refractivity contribution is 0.124. The van der Waals surface area contributed by atoms with Crippen LogP contribution >= 0.6 is 0 Å². The SMILES string of the molecule is CC(C)CCOCCNCC1CC2CCC1C2. The molecule has 0 aromatic rings. The van der Waals surface area contributed by atoms with Crippen molar-refractivity contribution < 1.29 is 4.74 Å². The van der Waals surface area contributed by atoms with Crippen LogP contribution in [-0.4, -0.2) is 26.3 Å². The fourth-order valence-electron chi connectivity index (χ4n) is 3.48. The van der Waals surface area contributed by atoms with E-state index in [0.717, 1.165) is 43.4 Å². The summed E-state index contributed by atoms with van der Waals surface area (Å²) in [5, 5.41) is 3.58. The Morgan fingerprint density at radius 2 is 2.06 bits per heavy atom. The van der Waals surface area contributed by atoms with Crippen LogP contribution in [0.15, 0.2) is 0 Å². The standard InChI is InChI=1S/C15H29NO/c1-12(2)5-7-17-8-6-16-11-15-10-13-3-4-14(15)9-13/h12-16H,3-11H2,1-2H3. The molecule has 2 rings (SSSR count). The van der Waals surface area contributed by atoms with E-state index in [1.165, 1.54) is 38.6 Å². The molecule has 17 heavy (non-hydrogen) atoms. The van der Waals surface area contributed by atoms with Gasteiger partial charge in [0.05, 0.1) is 6.61 Å². The molecule has 2 aliphatic carbocycles. The highest BCUT2D eigenvalue weighted by atomic mass is 16.5. The molecule has 2 bridgehead atoms. The number of hydrogen-bond donors (Lipinski definition) is 1. The highest BCUT2D eigenvalue weighted by molar-refractivity contribution is 4.90. The average molecular weight is 239 g/mol. The van der Waals surface area contributed by atoms with Crippen molar-refractivity contribution in [1.29, 1.82) is 0 Å². The van der Waals surface area contributed by atoms with Gasteiger partial charge in [-0.05, 0) is 55.9 Å². The maximum atomic E-state index is 5.61. The highest BCUT2D eigenvalue weighted by Crippen LogP contribution is 2.47. The Labute approximate surface area is 107 Å². The van der Waals surface area contributed by atoms with Crippen molar-refractivity contribution in [3.8, 4) is 0 Å². The molecule has 0 radical (unpaired) electrons. The van der Waals surface area contributed by atoms with E-state index in [-0.39, 0.29) is 0 Å². The molecule has 0 aromatic heterocycles. The monoisotopic (exact) mass is 239 g/mol. The van der Waals surface area contributed by atoms with Gasteiger partial charge in [0.1, 0.15) is 0 Å². The van der Waals surface area contributed by atoms with E-state index < -0.39 is 0 Å². The van der Waals surface area contributed by atoms with Crippen LogP contribution < -0.4 is 5.32 Å². The third-order valence-electron chi connectivity index (χ3n) is 4.55. The van der Waals surface area contributed by atoms with Gasteiger partial charge < -0.3 is 10.1 Å². The second-order valence-corrected chi connectivity index (χ2v) is 6.43. The highest BCUT2D eigenvalue weighted by Gasteiger charge is 2.38. The minimum atomic E-state index is 0.761. The zero-order valence-electron chi connectivity index (χ0n) is 11.6. The lowest BCUT2D eigenvalue weighted by Crippen LogP contribution is -2.29. The number of nitrogens with one attached hydrogen (secondary N) is 1. The molecule has 2 saturated carbocycles. The van der Waals surface area contributed by atoms with Gasteiger partial charge in [0.2, 0.25) is 0 Å². The van der Waals surface area contributed by atoms with E-state index in [0.29, 0.717) is 0 Å². The summed E-state index contributed by atoms with van der Waals surface area (Å²) in [7, 11) is 0. The van der Waals surface area contributed by atoms with Crippen LogP contribution in [0.3, 0.4) is 0 Å². The molecule has 100 valence electrons. The predicted molar refractivity (Wildman–Crippen MR) is 72.1 cm³/mol. The van der Waals surface area contributed by atoms with Gasteiger partial charge in [-0.15, -0.1) is 0 Å². The third kappa shape index (κ3) is 4.26. The molecule has 2 fully saturated rings. The van der Waals surface area contributed by atoms with Crippen LogP contribution in [0.1, 0.15) is 46.0 Å². The van der Waals surface area contributed by atoms with Crippen LogP contribution in [0.5, 0.6) is 0 Å². The average Bonchev–Trinajstić information content (AvgIpc) is 2.89. The molecule has 0 saturated heterocycles. The summed E-state index contributed by atoms with van der Waals surface area (Å²) in [5.74, 6) is 3.87. The molecular formula is C15H29NO. The van der Waals surface area contributed by atoms with E-state index >= 15 is 0 Å². The first kappa shape index (κ1) is 13.4. The summed E-state index contributed by atoms with van der Waals surface area (Å²) in [6, 6.07) is 0. The number of rotatable bonds is 8. The second-order valence-electron chi connectivity index (χ2n) is 6.43. The number of ether oxygens (including phenoxy) is 1. The Kier molecular flexibility index (Phi) is 5.30. The fourth-order valence-corrected chi connectivity index (χ4v) is 3.48. The fraction of sp³-hybridized carbons (Fsp3) is 1.00. The second kappa shape index (κ2) is 6.75. The Morgan fingerprint density at radius 1 is 1.18 bits per heavy atom. The van der Waals surface area contributed by atoms with Gasteiger partial charge >= 0.3 is 0 Å². The largest absolute Gasteiger partial charge is 0.380 e. The van der Waals surface area contributed by atoms with Crippen molar-refractivity contribution in [1.82, 2.24) is 5.32 Å². The molecule has 0 spiro atoms. The van der Waals surface area contributed by atoms with Crippen LogP contribution in [0.4, 0.5) is 0 Å². The van der Waals surface area contributed by atoms with E-state index in [4.69, 9.17) is 4.74 Å². The lowest BCUT2D eigenvalue weighted by atomic mass is 9.89. The molecule has 3 unspecified atom stereocenters. The van der Waals surface area contributed by atoms with Crippen molar-refractivity contribution >= 4 is 0 Å². The predicted octanol–water partition coefficient (Wildman–Crippen LogP) is 3.07. The zero-order valence-corrected chi connectivity index (χ0v) is 11.6. The van der Waals surface area contributed by atoms with E-state index in [9.17, 15) is 0 Å². The van der Waals surface area contributed by atoms with Crippen LogP contribution in [0.2, 0.25) is 0 Å². The summed E-state index contributed by atoms with van der Waals surface area (Å²) < 4.78 is 5.61. The van der Waals surface area contributed by atoms with Crippen LogP contribution in [0, 0.1) is 23.7 Å². The smallest absolute Gasteiger partial charge is 0.0590 e. The summed E-state index contributed by atoms with van der Waals surface area (Å²) in [5.41, 5.74) is 0. The normalized spacial score (nSPS) is 31.6. The lowest BCUT2D eigenvalue weighted by Gasteiger charge is -2.21. The Balaban J connectivity index is 1.42. The Hall–Kier alpha value is -0.0800. The molecule has 0 amide bonds. The van der Waals surface area contributed by atoms with Gasteiger partial charge in [0.15, 0.2) is 0 Å². The first-order chi connectivity index (χ1) is 8.25. The first-order valence-corrected chi connectivity index (χ1v) is 7.54. The number of hydrogen-bond acceptors (Lipinski definition) is 2. The van der Waals surface area contributed by atoms with Crippen molar-refractivity contribution in [3.05, 3.63) is 0 Å². The van der Waals surface area contributed by atoms with E-state index in [2.05, 4.69) is 19.2 Å². The summed E-state index contributed by atoms with van der Waals surface area (Å²) in [6.07, 6.45) is 7.22. The molecular weight excluding hydrogens is 210 g/mol. The van der Waals surface area contributed by atoms with Crippen LogP contribution in [-0.2, 0) is 4.74 Å². The topological polar surface area (TPSA) is 21.3 Å². The molecule has 2 aliphatic rings. The van der Waals surface area contributed by atoms with Gasteiger partial charge in [0.25, 0.3) is 0 Å². The van der Waals surface area contributed by atoms with Crippen molar-refractivity contribution in [2.24, 2.45) is 23.7 Å². The third-order valence-corrected chi connectivity index (χ3v) is 4.55. The van der Waals surface area contributed by atoms with Crippen molar-refractivity contribution in [2.75, 3.05) is 26.3 Å². The van der Waals surface area contributed by atoms with Crippen molar-refractivity contribution in [2.45, 2.75) is 46.0 Å². The van der Waals surface area contributed by atoms with Gasteiger partial charge in [0, 0.05) is 13.2 Å². The summed E-state index contributed by atoms with van der Waals surface area (Å²) in [6.45, 7) is 8.56. The first-order valence-electron chi connectivity index (χ1n) is 7.54. The molecule has 2 nitrogen and oxygen atoms in total. The maximum absolute atomic E-state index is 5.61. The van der Waals surface area contributed by atoms with Crippen molar-refractivity contribution in [3.63, 3.8) is 0 Å². The van der Waals surface area contributed by atoms with Gasteiger partial charge in [-0.25, -0.2) is 0 Å². The molecule has 0 aromatic carbocycles. The summed E-state index contributed by atoms with van der Waals surface area (Å²) >= 11 is 0. The minimum Gasteiger partial charge on any atom is -0.380 e. The maximum Gasteiger partial charge on any atom is 0.0590 e. The molecule has 0 heterocycles. The van der Waals surface area contributed by atoms with E-state index in [1.807, 2.05) is 0 Å². The van der Waals surface area contributed by atoms with Gasteiger partial charge in [-0.1, -0.05) is 20.3 Å². The Bertz CT molecular complexity index is 217. The zero-order chi connectivity index (χ0) is 12.1. The van der Waals surface area contributed by atoms with Gasteiger partial charge in [-0.3, -0.25) is 0 Å². The molecule has 1 N–H and O–H groups in total. The molecule has 3 atom stereocenters. The Morgan fingerprint density at radius 3 is 2.71 bits per heavy atom. The molecule has 2 heteroatoms. The quantitative estimate of drug-likeness (QED) is 0.657. The number of fused-ring (bicyclic) bond motifs is 2. The minimum absolute atomic E-state index is 0.761. The van der Waals surface area contributed by atoms with Crippen LogP contribution in [0.25, 0.3) is 0 Å². The molecule has 0 aliphatic heterocycles.